The first-order chi connectivity index (χ1) is 13.2. The first-order valence-corrected chi connectivity index (χ1v) is 9.90. The van der Waals surface area contributed by atoms with Crippen LogP contribution in [0.2, 0.25) is 0 Å². The molecular weight excluding hydrogens is 338 g/mol. The number of hydrogen-bond donors (Lipinski definition) is 0. The van der Waals surface area contributed by atoms with E-state index in [9.17, 15) is 4.79 Å². The van der Waals surface area contributed by atoms with E-state index in [1.165, 1.54) is 5.56 Å². The number of amides is 1. The molecule has 1 aliphatic heterocycles. The lowest BCUT2D eigenvalue weighted by molar-refractivity contribution is -0.0773. The lowest BCUT2D eigenvalue weighted by atomic mass is 10.1. The van der Waals surface area contributed by atoms with Crippen molar-refractivity contribution in [1.29, 1.82) is 0 Å². The minimum Gasteiger partial charge on any atom is -0.373 e. The van der Waals surface area contributed by atoms with E-state index in [-0.39, 0.29) is 18.1 Å². The van der Waals surface area contributed by atoms with Crippen LogP contribution < -0.4 is 0 Å². The lowest BCUT2D eigenvalue weighted by Gasteiger charge is -2.36. The third-order valence-corrected chi connectivity index (χ3v) is 5.79. The molecule has 2 aromatic rings. The van der Waals surface area contributed by atoms with Gasteiger partial charge in [-0.15, -0.1) is 0 Å². The van der Waals surface area contributed by atoms with Crippen LogP contribution in [0.4, 0.5) is 0 Å². The summed E-state index contributed by atoms with van der Waals surface area (Å²) in [6.45, 7) is 3.34. The predicted molar refractivity (Wildman–Crippen MR) is 104 cm³/mol. The molecule has 0 bridgehead atoms. The lowest BCUT2D eigenvalue weighted by Crippen LogP contribution is -2.50. The Labute approximate surface area is 161 Å². The van der Waals surface area contributed by atoms with Gasteiger partial charge in [-0.3, -0.25) is 4.79 Å². The maximum Gasteiger partial charge on any atom is 0.256 e. The van der Waals surface area contributed by atoms with E-state index in [0.29, 0.717) is 13.2 Å². The highest BCUT2D eigenvalue weighted by molar-refractivity contribution is 5.95. The minimum atomic E-state index is -0.519. The molecule has 1 heterocycles. The summed E-state index contributed by atoms with van der Waals surface area (Å²) in [5.41, 5.74) is 1.39. The zero-order valence-electron chi connectivity index (χ0n) is 15.8. The van der Waals surface area contributed by atoms with Gasteiger partial charge in [0.25, 0.3) is 5.91 Å². The van der Waals surface area contributed by atoms with Crippen LogP contribution >= 0.6 is 0 Å². The van der Waals surface area contributed by atoms with Gasteiger partial charge in [0.15, 0.2) is 0 Å². The Morgan fingerprint density at radius 1 is 1.15 bits per heavy atom. The SMILES string of the molecule is CC[C@@H]1COC2(CC[C@@H](OCc3ccccc3)C2)N1C(=O)c1ccccc1. The molecule has 0 aromatic heterocycles. The molecule has 0 N–H and O–H groups in total. The largest absolute Gasteiger partial charge is 0.373 e. The van der Waals surface area contributed by atoms with E-state index in [1.54, 1.807) is 0 Å². The van der Waals surface area contributed by atoms with E-state index in [1.807, 2.05) is 53.4 Å². The second-order valence-electron chi connectivity index (χ2n) is 7.52. The average molecular weight is 365 g/mol. The molecule has 1 aliphatic carbocycles. The fourth-order valence-corrected chi connectivity index (χ4v) is 4.33. The van der Waals surface area contributed by atoms with Gasteiger partial charge in [-0.1, -0.05) is 55.5 Å². The number of carbonyl (C=O) groups is 1. The summed E-state index contributed by atoms with van der Waals surface area (Å²) in [5, 5.41) is 0. The van der Waals surface area contributed by atoms with Crippen molar-refractivity contribution in [3.8, 4) is 0 Å². The second-order valence-corrected chi connectivity index (χ2v) is 7.52. The first kappa shape index (κ1) is 18.2. The summed E-state index contributed by atoms with van der Waals surface area (Å²) in [6, 6.07) is 19.9. The number of ether oxygens (including phenoxy) is 2. The summed E-state index contributed by atoms with van der Waals surface area (Å²) in [6.07, 6.45) is 3.51. The van der Waals surface area contributed by atoms with Gasteiger partial charge in [0.05, 0.1) is 25.4 Å². The fourth-order valence-electron chi connectivity index (χ4n) is 4.33. The van der Waals surface area contributed by atoms with Crippen molar-refractivity contribution < 1.29 is 14.3 Å². The highest BCUT2D eigenvalue weighted by atomic mass is 16.5. The molecule has 4 heteroatoms. The Hall–Kier alpha value is -2.17. The van der Waals surface area contributed by atoms with Crippen molar-refractivity contribution >= 4 is 5.91 Å². The van der Waals surface area contributed by atoms with Crippen LogP contribution in [0, 0.1) is 0 Å². The van der Waals surface area contributed by atoms with Gasteiger partial charge in [0, 0.05) is 12.0 Å². The Bertz CT molecular complexity index is 764. The van der Waals surface area contributed by atoms with Gasteiger partial charge >= 0.3 is 0 Å². The fraction of sp³-hybridized carbons (Fsp3) is 0.435. The number of benzene rings is 2. The van der Waals surface area contributed by atoms with Gasteiger partial charge in [0.1, 0.15) is 5.72 Å². The zero-order chi connectivity index (χ0) is 18.7. The summed E-state index contributed by atoms with van der Waals surface area (Å²) in [5.74, 6) is 0.0728. The van der Waals surface area contributed by atoms with E-state index < -0.39 is 5.72 Å². The van der Waals surface area contributed by atoms with Crippen LogP contribution in [-0.2, 0) is 16.1 Å². The summed E-state index contributed by atoms with van der Waals surface area (Å²) < 4.78 is 12.4. The average Bonchev–Trinajstić information content (AvgIpc) is 3.31. The Kier molecular flexibility index (Phi) is 5.28. The van der Waals surface area contributed by atoms with E-state index in [2.05, 4.69) is 19.1 Å². The van der Waals surface area contributed by atoms with Crippen molar-refractivity contribution in [1.82, 2.24) is 4.90 Å². The van der Waals surface area contributed by atoms with Gasteiger partial charge in [-0.05, 0) is 37.0 Å². The topological polar surface area (TPSA) is 38.8 Å². The molecule has 4 rings (SSSR count). The molecule has 2 aromatic carbocycles. The molecule has 0 radical (unpaired) electrons. The maximum absolute atomic E-state index is 13.3. The van der Waals surface area contributed by atoms with Gasteiger partial charge in [-0.2, -0.15) is 0 Å². The molecule has 2 fully saturated rings. The van der Waals surface area contributed by atoms with Crippen LogP contribution in [0.25, 0.3) is 0 Å². The summed E-state index contributed by atoms with van der Waals surface area (Å²) in [4.78, 5) is 15.3. The number of carbonyl (C=O) groups excluding carboxylic acids is 1. The van der Waals surface area contributed by atoms with E-state index in [0.717, 1.165) is 31.2 Å². The molecule has 1 amide bonds. The first-order valence-electron chi connectivity index (χ1n) is 9.90. The molecule has 3 atom stereocenters. The smallest absolute Gasteiger partial charge is 0.256 e. The van der Waals surface area contributed by atoms with Gasteiger partial charge in [-0.25, -0.2) is 0 Å². The van der Waals surface area contributed by atoms with Crippen molar-refractivity contribution in [2.45, 2.75) is 57.1 Å². The van der Waals surface area contributed by atoms with Crippen molar-refractivity contribution in [3.05, 3.63) is 71.8 Å². The Morgan fingerprint density at radius 3 is 2.56 bits per heavy atom. The number of rotatable bonds is 5. The molecule has 2 aliphatic rings. The van der Waals surface area contributed by atoms with Crippen molar-refractivity contribution in [2.24, 2.45) is 0 Å². The summed E-state index contributed by atoms with van der Waals surface area (Å²) >= 11 is 0. The maximum atomic E-state index is 13.3. The van der Waals surface area contributed by atoms with Crippen LogP contribution in [0.15, 0.2) is 60.7 Å². The van der Waals surface area contributed by atoms with Crippen molar-refractivity contribution in [2.75, 3.05) is 6.61 Å². The Balaban J connectivity index is 1.48. The standard InChI is InChI=1S/C23H27NO3/c1-2-20-17-27-23(24(20)22(25)19-11-7-4-8-12-19)14-13-21(15-23)26-16-18-9-5-3-6-10-18/h3-12,20-21H,2,13-17H2,1H3/t20-,21-,23?/m1/s1. The van der Waals surface area contributed by atoms with Crippen LogP contribution in [0.3, 0.4) is 0 Å². The molecule has 27 heavy (non-hydrogen) atoms. The zero-order valence-corrected chi connectivity index (χ0v) is 15.8. The van der Waals surface area contributed by atoms with Gasteiger partial charge < -0.3 is 14.4 Å². The highest BCUT2D eigenvalue weighted by Crippen LogP contribution is 2.44. The third-order valence-electron chi connectivity index (χ3n) is 5.79. The van der Waals surface area contributed by atoms with E-state index >= 15 is 0 Å². The number of nitrogens with zero attached hydrogens (tertiary/aromatic N) is 1. The molecule has 1 spiro atoms. The second kappa shape index (κ2) is 7.83. The number of hydrogen-bond acceptors (Lipinski definition) is 3. The third kappa shape index (κ3) is 3.64. The quantitative estimate of drug-likeness (QED) is 0.788. The molecule has 4 nitrogen and oxygen atoms in total. The molecule has 1 saturated heterocycles. The minimum absolute atomic E-state index is 0.0728. The summed E-state index contributed by atoms with van der Waals surface area (Å²) in [7, 11) is 0. The normalized spacial score (nSPS) is 27.4. The van der Waals surface area contributed by atoms with Crippen LogP contribution in [0.1, 0.15) is 48.5 Å². The molecule has 1 saturated carbocycles. The molecule has 1 unspecified atom stereocenters. The predicted octanol–water partition coefficient (Wildman–Crippen LogP) is 4.40. The molecule has 142 valence electrons. The monoisotopic (exact) mass is 365 g/mol. The van der Waals surface area contributed by atoms with Crippen molar-refractivity contribution in [3.63, 3.8) is 0 Å². The van der Waals surface area contributed by atoms with Gasteiger partial charge in [0.2, 0.25) is 0 Å². The van der Waals surface area contributed by atoms with E-state index in [4.69, 9.17) is 9.47 Å². The Morgan fingerprint density at radius 2 is 1.85 bits per heavy atom. The van der Waals surface area contributed by atoms with Crippen LogP contribution in [0.5, 0.6) is 0 Å². The molecular formula is C23H27NO3. The van der Waals surface area contributed by atoms with Crippen LogP contribution in [-0.4, -0.2) is 35.3 Å². The highest BCUT2D eigenvalue weighted by Gasteiger charge is 2.53.